The van der Waals surface area contributed by atoms with Crippen molar-refractivity contribution in [3.05, 3.63) is 60.1 Å². The number of pyridine rings is 1. The van der Waals surface area contributed by atoms with Crippen LogP contribution in [0.5, 0.6) is 17.2 Å². The van der Waals surface area contributed by atoms with E-state index in [-0.39, 0.29) is 29.9 Å². The number of nitrogens with two attached hydrogens (primary N) is 1. The van der Waals surface area contributed by atoms with Crippen LogP contribution in [0.25, 0.3) is 0 Å². The average molecular weight is 327 g/mol. The molecule has 0 radical (unpaired) electrons. The predicted octanol–water partition coefficient (Wildman–Crippen LogP) is 2.74. The molecule has 0 amide bonds. The predicted molar refractivity (Wildman–Crippen MR) is 93.3 cm³/mol. The van der Waals surface area contributed by atoms with Gasteiger partial charge in [-0.3, -0.25) is 9.98 Å². The Hall–Kier alpha value is -3.02. The molecule has 2 aromatic rings. The maximum absolute atomic E-state index is 9.82. The molecule has 6 heteroatoms. The van der Waals surface area contributed by atoms with Gasteiger partial charge in [-0.05, 0) is 44.3 Å². The number of phenols is 2. The number of hydrogen-bond acceptors (Lipinski definition) is 6. The molecule has 4 N–H and O–H groups in total. The number of aromatic hydroxyl groups is 2. The molecular formula is C18H21N3O3. The summed E-state index contributed by atoms with van der Waals surface area (Å²) < 4.78 is 5.62. The van der Waals surface area contributed by atoms with Crippen molar-refractivity contribution in [2.24, 2.45) is 10.7 Å². The number of para-hydroxylation sites is 1. The SMILES string of the molecule is CC(C)N=C(/C=C\N)c1ncccc1COc1cccc(O)c1O. The minimum Gasteiger partial charge on any atom is -0.504 e. The Kier molecular flexibility index (Phi) is 5.78. The minimum absolute atomic E-state index is 0.0853. The summed E-state index contributed by atoms with van der Waals surface area (Å²) in [5, 5.41) is 19.3. The highest BCUT2D eigenvalue weighted by Gasteiger charge is 2.12. The second kappa shape index (κ2) is 8.01. The van der Waals surface area contributed by atoms with Crippen molar-refractivity contribution >= 4 is 5.71 Å². The number of aromatic nitrogens is 1. The van der Waals surface area contributed by atoms with E-state index in [2.05, 4.69) is 9.98 Å². The minimum atomic E-state index is -0.291. The number of nitrogens with zero attached hydrogens (tertiary/aromatic N) is 2. The lowest BCUT2D eigenvalue weighted by Crippen LogP contribution is -2.10. The Labute approximate surface area is 141 Å². The maximum Gasteiger partial charge on any atom is 0.200 e. The molecule has 24 heavy (non-hydrogen) atoms. The van der Waals surface area contributed by atoms with E-state index in [4.69, 9.17) is 10.5 Å². The largest absolute Gasteiger partial charge is 0.504 e. The highest BCUT2D eigenvalue weighted by atomic mass is 16.5. The van der Waals surface area contributed by atoms with Crippen LogP contribution in [0.3, 0.4) is 0 Å². The van der Waals surface area contributed by atoms with E-state index in [0.717, 1.165) is 5.56 Å². The monoisotopic (exact) mass is 327 g/mol. The zero-order valence-electron chi connectivity index (χ0n) is 13.7. The number of allylic oxidation sites excluding steroid dienone is 1. The molecule has 1 aromatic heterocycles. The van der Waals surface area contributed by atoms with Crippen LogP contribution in [0.4, 0.5) is 0 Å². The number of aliphatic imine (C=N–C) groups is 1. The van der Waals surface area contributed by atoms with Gasteiger partial charge < -0.3 is 20.7 Å². The molecule has 0 aliphatic carbocycles. The van der Waals surface area contributed by atoms with Crippen molar-refractivity contribution in [2.45, 2.75) is 26.5 Å². The second-order valence-electron chi connectivity index (χ2n) is 5.39. The third kappa shape index (κ3) is 4.25. The van der Waals surface area contributed by atoms with E-state index in [1.165, 1.54) is 12.3 Å². The summed E-state index contributed by atoms with van der Waals surface area (Å²) >= 11 is 0. The first-order valence-corrected chi connectivity index (χ1v) is 7.57. The van der Waals surface area contributed by atoms with E-state index in [1.54, 1.807) is 30.5 Å². The van der Waals surface area contributed by atoms with E-state index in [1.807, 2.05) is 19.9 Å². The smallest absolute Gasteiger partial charge is 0.200 e. The topological polar surface area (TPSA) is 101 Å². The first-order chi connectivity index (χ1) is 11.5. The first-order valence-electron chi connectivity index (χ1n) is 7.57. The molecule has 2 rings (SSSR count). The van der Waals surface area contributed by atoms with Gasteiger partial charge in [-0.15, -0.1) is 0 Å². The molecule has 0 aliphatic rings. The summed E-state index contributed by atoms with van der Waals surface area (Å²) in [7, 11) is 0. The fourth-order valence-corrected chi connectivity index (χ4v) is 2.12. The van der Waals surface area contributed by atoms with Crippen molar-refractivity contribution in [3.8, 4) is 17.2 Å². The third-order valence-corrected chi connectivity index (χ3v) is 3.15. The van der Waals surface area contributed by atoms with E-state index >= 15 is 0 Å². The van der Waals surface area contributed by atoms with Gasteiger partial charge in [0.15, 0.2) is 11.5 Å². The molecule has 0 aliphatic heterocycles. The van der Waals surface area contributed by atoms with Crippen molar-refractivity contribution < 1.29 is 14.9 Å². The number of phenolic OH excluding ortho intramolecular Hbond substituents is 2. The fraction of sp³-hybridized carbons (Fsp3) is 0.222. The molecule has 0 atom stereocenters. The quantitative estimate of drug-likeness (QED) is 0.559. The van der Waals surface area contributed by atoms with Crippen LogP contribution >= 0.6 is 0 Å². The summed E-state index contributed by atoms with van der Waals surface area (Å²) in [4.78, 5) is 8.90. The van der Waals surface area contributed by atoms with Gasteiger partial charge in [0.1, 0.15) is 6.61 Å². The molecule has 0 fully saturated rings. The molecule has 1 aromatic carbocycles. The van der Waals surface area contributed by atoms with E-state index < -0.39 is 0 Å². The lowest BCUT2D eigenvalue weighted by Gasteiger charge is -2.12. The van der Waals surface area contributed by atoms with Crippen LogP contribution in [0.1, 0.15) is 25.1 Å². The van der Waals surface area contributed by atoms with Crippen LogP contribution in [-0.2, 0) is 6.61 Å². The fourth-order valence-electron chi connectivity index (χ4n) is 2.12. The average Bonchev–Trinajstić information content (AvgIpc) is 2.56. The number of rotatable bonds is 6. The normalized spacial score (nSPS) is 12.0. The molecule has 6 nitrogen and oxygen atoms in total. The van der Waals surface area contributed by atoms with Gasteiger partial charge in [0.25, 0.3) is 0 Å². The Morgan fingerprint density at radius 3 is 2.79 bits per heavy atom. The van der Waals surface area contributed by atoms with Gasteiger partial charge >= 0.3 is 0 Å². The Balaban J connectivity index is 2.30. The Morgan fingerprint density at radius 2 is 2.08 bits per heavy atom. The van der Waals surface area contributed by atoms with Gasteiger partial charge in [-0.25, -0.2) is 0 Å². The van der Waals surface area contributed by atoms with Crippen molar-refractivity contribution in [2.75, 3.05) is 0 Å². The van der Waals surface area contributed by atoms with Crippen LogP contribution in [0.2, 0.25) is 0 Å². The highest BCUT2D eigenvalue weighted by molar-refractivity contribution is 6.08. The van der Waals surface area contributed by atoms with Crippen LogP contribution in [-0.4, -0.2) is 27.0 Å². The molecule has 0 unspecified atom stereocenters. The number of hydrogen-bond donors (Lipinski definition) is 3. The maximum atomic E-state index is 9.82. The van der Waals surface area contributed by atoms with Gasteiger partial charge in [0.2, 0.25) is 5.75 Å². The molecule has 0 saturated heterocycles. The number of ether oxygens (including phenoxy) is 1. The lowest BCUT2D eigenvalue weighted by atomic mass is 10.1. The molecule has 0 bridgehead atoms. The molecule has 126 valence electrons. The van der Waals surface area contributed by atoms with Gasteiger partial charge in [0.05, 0.1) is 11.4 Å². The van der Waals surface area contributed by atoms with Crippen LogP contribution < -0.4 is 10.5 Å². The standard InChI is InChI=1S/C18H21N3O3/c1-12(2)21-14(8-9-19)17-13(5-4-10-20-17)11-24-16-7-3-6-15(22)18(16)23/h3-10,12,22-23H,11,19H2,1-2H3/b9-8-,21-14?. The van der Waals surface area contributed by atoms with E-state index in [9.17, 15) is 10.2 Å². The Morgan fingerprint density at radius 1 is 1.29 bits per heavy atom. The molecular weight excluding hydrogens is 306 g/mol. The molecule has 0 spiro atoms. The highest BCUT2D eigenvalue weighted by Crippen LogP contribution is 2.35. The lowest BCUT2D eigenvalue weighted by molar-refractivity contribution is 0.282. The van der Waals surface area contributed by atoms with Crippen molar-refractivity contribution in [1.29, 1.82) is 0 Å². The van der Waals surface area contributed by atoms with E-state index in [0.29, 0.717) is 11.4 Å². The molecule has 1 heterocycles. The van der Waals surface area contributed by atoms with Crippen molar-refractivity contribution in [1.82, 2.24) is 4.98 Å². The third-order valence-electron chi connectivity index (χ3n) is 3.15. The summed E-state index contributed by atoms with van der Waals surface area (Å²) in [5.74, 6) is -0.325. The van der Waals surface area contributed by atoms with Crippen molar-refractivity contribution in [3.63, 3.8) is 0 Å². The summed E-state index contributed by atoms with van der Waals surface area (Å²) in [6, 6.07) is 8.30. The first kappa shape index (κ1) is 17.3. The van der Waals surface area contributed by atoms with Gasteiger partial charge in [0, 0.05) is 17.8 Å². The summed E-state index contributed by atoms with van der Waals surface area (Å²) in [6.07, 6.45) is 4.78. The summed E-state index contributed by atoms with van der Waals surface area (Å²) in [6.45, 7) is 4.10. The van der Waals surface area contributed by atoms with Gasteiger partial charge in [-0.1, -0.05) is 12.1 Å². The van der Waals surface area contributed by atoms with Crippen LogP contribution in [0, 0.1) is 0 Å². The summed E-state index contributed by atoms with van der Waals surface area (Å²) in [5.41, 5.74) is 7.62. The van der Waals surface area contributed by atoms with Crippen LogP contribution in [0.15, 0.2) is 53.8 Å². The Bertz CT molecular complexity index is 755. The zero-order valence-corrected chi connectivity index (χ0v) is 13.7. The zero-order chi connectivity index (χ0) is 17.5. The second-order valence-corrected chi connectivity index (χ2v) is 5.39. The molecule has 0 saturated carbocycles. The van der Waals surface area contributed by atoms with Gasteiger partial charge in [-0.2, -0.15) is 0 Å². The number of benzene rings is 1.